The highest BCUT2D eigenvalue weighted by Crippen LogP contribution is 2.26. The molecule has 0 amide bonds. The van der Waals surface area contributed by atoms with Crippen LogP contribution in [0.2, 0.25) is 10.0 Å². The number of nitrogens with one attached hydrogen (secondary N) is 1. The molecule has 0 saturated heterocycles. The Balaban J connectivity index is 2.28. The third-order valence-corrected chi connectivity index (χ3v) is 3.56. The van der Waals surface area contributed by atoms with Gasteiger partial charge in [-0.3, -0.25) is 11.3 Å². The molecule has 0 aliphatic rings. The molecule has 0 saturated carbocycles. The van der Waals surface area contributed by atoms with Crippen LogP contribution in [0, 0.1) is 11.6 Å². The van der Waals surface area contributed by atoms with E-state index in [-0.39, 0.29) is 10.0 Å². The molecule has 1 unspecified atom stereocenters. The summed E-state index contributed by atoms with van der Waals surface area (Å²) in [6.07, 6.45) is 0.355. The normalized spacial score (nSPS) is 12.4. The van der Waals surface area contributed by atoms with Crippen molar-refractivity contribution in [3.05, 3.63) is 69.2 Å². The molecule has 6 heteroatoms. The summed E-state index contributed by atoms with van der Waals surface area (Å²) in [4.78, 5) is 0. The zero-order valence-corrected chi connectivity index (χ0v) is 11.8. The summed E-state index contributed by atoms with van der Waals surface area (Å²) >= 11 is 11.5. The first-order chi connectivity index (χ1) is 9.52. The van der Waals surface area contributed by atoms with Crippen molar-refractivity contribution in [2.45, 2.75) is 12.5 Å². The second-order valence-electron chi connectivity index (χ2n) is 4.31. The van der Waals surface area contributed by atoms with E-state index in [1.807, 2.05) is 0 Å². The number of benzene rings is 2. The summed E-state index contributed by atoms with van der Waals surface area (Å²) in [5.41, 5.74) is 3.62. The van der Waals surface area contributed by atoms with Crippen molar-refractivity contribution in [3.8, 4) is 0 Å². The van der Waals surface area contributed by atoms with E-state index in [1.54, 1.807) is 18.2 Å². The number of rotatable bonds is 4. The SMILES string of the molecule is NNC(Cc1ccc(F)c(Cl)c1)c1cccc(Cl)c1F. The Morgan fingerprint density at radius 1 is 1.10 bits per heavy atom. The smallest absolute Gasteiger partial charge is 0.146 e. The Morgan fingerprint density at radius 2 is 1.85 bits per heavy atom. The molecule has 0 radical (unpaired) electrons. The van der Waals surface area contributed by atoms with E-state index < -0.39 is 17.7 Å². The van der Waals surface area contributed by atoms with Crippen LogP contribution < -0.4 is 11.3 Å². The van der Waals surface area contributed by atoms with Crippen LogP contribution in [0.5, 0.6) is 0 Å². The minimum absolute atomic E-state index is 0.0184. The lowest BCUT2D eigenvalue weighted by atomic mass is 9.99. The summed E-state index contributed by atoms with van der Waals surface area (Å²) in [6, 6.07) is 8.54. The highest BCUT2D eigenvalue weighted by Gasteiger charge is 2.17. The predicted octanol–water partition coefficient (Wildman–Crippen LogP) is 4.02. The Bertz CT molecular complexity index is 620. The Hall–Kier alpha value is -1.20. The van der Waals surface area contributed by atoms with Crippen LogP contribution >= 0.6 is 23.2 Å². The minimum Gasteiger partial charge on any atom is -0.271 e. The molecule has 2 aromatic rings. The second kappa shape index (κ2) is 6.50. The first-order valence-corrected chi connectivity index (χ1v) is 6.62. The second-order valence-corrected chi connectivity index (χ2v) is 5.13. The molecule has 0 aromatic heterocycles. The third-order valence-electron chi connectivity index (χ3n) is 2.98. The van der Waals surface area contributed by atoms with E-state index in [4.69, 9.17) is 29.0 Å². The highest BCUT2D eigenvalue weighted by atomic mass is 35.5. The van der Waals surface area contributed by atoms with Crippen molar-refractivity contribution >= 4 is 23.2 Å². The van der Waals surface area contributed by atoms with Gasteiger partial charge in [-0.05, 0) is 30.2 Å². The molecule has 2 rings (SSSR count). The summed E-state index contributed by atoms with van der Waals surface area (Å²) in [6.45, 7) is 0. The van der Waals surface area contributed by atoms with Gasteiger partial charge in [0.1, 0.15) is 11.6 Å². The quantitative estimate of drug-likeness (QED) is 0.660. The van der Waals surface area contributed by atoms with Crippen molar-refractivity contribution < 1.29 is 8.78 Å². The fraction of sp³-hybridized carbons (Fsp3) is 0.143. The first-order valence-electron chi connectivity index (χ1n) is 5.87. The standard InChI is InChI=1S/C14H12Cl2F2N2/c15-10-3-1-2-9(14(10)18)13(20-19)7-8-4-5-12(17)11(16)6-8/h1-6,13,20H,7,19H2. The summed E-state index contributed by atoms with van der Waals surface area (Å²) in [5.74, 6) is 4.45. The molecular formula is C14H12Cl2F2N2. The molecule has 2 nitrogen and oxygen atoms in total. The van der Waals surface area contributed by atoms with E-state index in [1.165, 1.54) is 18.2 Å². The van der Waals surface area contributed by atoms with E-state index in [2.05, 4.69) is 5.43 Å². The lowest BCUT2D eigenvalue weighted by Crippen LogP contribution is -2.30. The number of halogens is 4. The number of hydrogen-bond donors (Lipinski definition) is 2. The Kier molecular flexibility index (Phi) is 4.94. The summed E-state index contributed by atoms with van der Waals surface area (Å²) < 4.78 is 27.1. The molecule has 2 aromatic carbocycles. The molecule has 0 aliphatic carbocycles. The maximum atomic E-state index is 14.0. The molecule has 1 atom stereocenters. The van der Waals surface area contributed by atoms with E-state index >= 15 is 0 Å². The van der Waals surface area contributed by atoms with Crippen molar-refractivity contribution in [2.75, 3.05) is 0 Å². The van der Waals surface area contributed by atoms with Gasteiger partial charge in [-0.2, -0.15) is 0 Å². The van der Waals surface area contributed by atoms with Crippen molar-refractivity contribution in [2.24, 2.45) is 5.84 Å². The van der Waals surface area contributed by atoms with Gasteiger partial charge in [0.25, 0.3) is 0 Å². The monoisotopic (exact) mass is 316 g/mol. The molecule has 0 bridgehead atoms. The molecule has 0 aliphatic heterocycles. The van der Waals surface area contributed by atoms with Crippen molar-refractivity contribution in [3.63, 3.8) is 0 Å². The molecule has 20 heavy (non-hydrogen) atoms. The molecule has 0 fully saturated rings. The third kappa shape index (κ3) is 3.27. The molecule has 0 spiro atoms. The fourth-order valence-corrected chi connectivity index (χ4v) is 2.34. The first kappa shape index (κ1) is 15.2. The van der Waals surface area contributed by atoms with Crippen LogP contribution in [0.3, 0.4) is 0 Å². The van der Waals surface area contributed by atoms with Crippen molar-refractivity contribution in [1.29, 1.82) is 0 Å². The van der Waals surface area contributed by atoms with Gasteiger partial charge in [0.2, 0.25) is 0 Å². The van der Waals surface area contributed by atoms with Gasteiger partial charge >= 0.3 is 0 Å². The number of nitrogens with two attached hydrogens (primary N) is 1. The Morgan fingerprint density at radius 3 is 2.50 bits per heavy atom. The van der Waals surface area contributed by atoms with Gasteiger partial charge in [0.05, 0.1) is 16.1 Å². The lowest BCUT2D eigenvalue weighted by Gasteiger charge is -2.18. The van der Waals surface area contributed by atoms with Crippen LogP contribution in [0.25, 0.3) is 0 Å². The molecule has 106 valence electrons. The molecule has 3 N–H and O–H groups in total. The summed E-state index contributed by atoms with van der Waals surface area (Å²) in [5, 5.41) is 0.0460. The average molecular weight is 317 g/mol. The maximum absolute atomic E-state index is 14.0. The molecular weight excluding hydrogens is 305 g/mol. The van der Waals surface area contributed by atoms with Gasteiger partial charge in [0, 0.05) is 5.56 Å². The van der Waals surface area contributed by atoms with E-state index in [0.29, 0.717) is 12.0 Å². The number of hydrogen-bond acceptors (Lipinski definition) is 2. The lowest BCUT2D eigenvalue weighted by molar-refractivity contribution is 0.510. The van der Waals surface area contributed by atoms with Crippen LogP contribution in [0.15, 0.2) is 36.4 Å². The van der Waals surface area contributed by atoms with Crippen LogP contribution in [-0.2, 0) is 6.42 Å². The van der Waals surface area contributed by atoms with E-state index in [0.717, 1.165) is 5.56 Å². The van der Waals surface area contributed by atoms with Gasteiger partial charge in [0.15, 0.2) is 0 Å². The molecule has 0 heterocycles. The highest BCUT2D eigenvalue weighted by molar-refractivity contribution is 6.31. The maximum Gasteiger partial charge on any atom is 0.146 e. The minimum atomic E-state index is -0.523. The van der Waals surface area contributed by atoms with Crippen LogP contribution in [0.4, 0.5) is 8.78 Å². The Labute approximate surface area is 125 Å². The zero-order valence-electron chi connectivity index (χ0n) is 10.3. The average Bonchev–Trinajstić information content (AvgIpc) is 2.43. The van der Waals surface area contributed by atoms with Crippen molar-refractivity contribution in [1.82, 2.24) is 5.43 Å². The van der Waals surface area contributed by atoms with E-state index in [9.17, 15) is 8.78 Å². The van der Waals surface area contributed by atoms with Gasteiger partial charge in [-0.1, -0.05) is 41.4 Å². The topological polar surface area (TPSA) is 38.0 Å². The largest absolute Gasteiger partial charge is 0.271 e. The van der Waals surface area contributed by atoms with Gasteiger partial charge in [-0.15, -0.1) is 0 Å². The fourth-order valence-electron chi connectivity index (χ4n) is 1.95. The summed E-state index contributed by atoms with van der Waals surface area (Å²) in [7, 11) is 0. The van der Waals surface area contributed by atoms with Gasteiger partial charge in [-0.25, -0.2) is 8.78 Å². The zero-order chi connectivity index (χ0) is 14.7. The van der Waals surface area contributed by atoms with Crippen LogP contribution in [-0.4, -0.2) is 0 Å². The number of hydrazine groups is 1. The predicted molar refractivity (Wildman–Crippen MR) is 76.6 cm³/mol. The van der Waals surface area contributed by atoms with Gasteiger partial charge < -0.3 is 0 Å². The van der Waals surface area contributed by atoms with Crippen LogP contribution in [0.1, 0.15) is 17.2 Å².